The first-order valence-electron chi connectivity index (χ1n) is 9.93. The third kappa shape index (κ3) is 3.56. The normalized spacial score (nSPS) is 16.5. The van der Waals surface area contributed by atoms with Crippen molar-refractivity contribution < 1.29 is 22.7 Å². The van der Waals surface area contributed by atoms with Crippen LogP contribution in [0.2, 0.25) is 5.02 Å². The van der Waals surface area contributed by atoms with Gasteiger partial charge in [-0.25, -0.2) is 12.4 Å². The molecular weight excluding hydrogens is 484 g/mol. The van der Waals surface area contributed by atoms with E-state index in [4.69, 9.17) is 16.3 Å². The molecule has 1 unspecified atom stereocenters. The fourth-order valence-corrected chi connectivity index (χ4v) is 6.64. The molecule has 1 atom stereocenters. The number of hydrogen-bond donors (Lipinski definition) is 1. The Labute approximate surface area is 198 Å². The van der Waals surface area contributed by atoms with E-state index in [1.807, 2.05) is 12.1 Å². The van der Waals surface area contributed by atoms with Gasteiger partial charge in [-0.15, -0.1) is 0 Å². The summed E-state index contributed by atoms with van der Waals surface area (Å²) in [5.74, 6) is 0.142. The van der Waals surface area contributed by atoms with Crippen molar-refractivity contribution in [3.63, 3.8) is 0 Å². The van der Waals surface area contributed by atoms with Crippen LogP contribution in [0.4, 0.5) is 4.79 Å². The number of nitrogens with one attached hydrogen (secondary N) is 1. The van der Waals surface area contributed by atoms with Gasteiger partial charge in [0.05, 0.1) is 28.3 Å². The average molecular weight is 501 g/mol. The Morgan fingerprint density at radius 1 is 1.03 bits per heavy atom. The lowest BCUT2D eigenvalue weighted by Gasteiger charge is -2.14. The molecule has 5 rings (SSSR count). The highest BCUT2D eigenvalue weighted by Crippen LogP contribution is 2.40. The summed E-state index contributed by atoms with van der Waals surface area (Å²) < 4.78 is 34.3. The number of aromatic nitrogens is 1. The Hall–Kier alpha value is -3.01. The number of rotatable bonds is 5. The zero-order valence-electron chi connectivity index (χ0n) is 17.2. The van der Waals surface area contributed by atoms with Gasteiger partial charge >= 0.3 is 0 Å². The third-order valence-corrected chi connectivity index (χ3v) is 8.56. The summed E-state index contributed by atoms with van der Waals surface area (Å²) in [4.78, 5) is 24.1. The monoisotopic (exact) mass is 500 g/mol. The zero-order chi connectivity index (χ0) is 23.3. The third-order valence-electron chi connectivity index (χ3n) is 5.59. The number of imide groups is 1. The number of hydrogen-bond acceptors (Lipinski definition) is 6. The van der Waals surface area contributed by atoms with Crippen molar-refractivity contribution in [1.29, 1.82) is 0 Å². The van der Waals surface area contributed by atoms with Crippen molar-refractivity contribution in [2.24, 2.45) is 0 Å². The van der Waals surface area contributed by atoms with E-state index in [0.29, 0.717) is 38.1 Å². The highest BCUT2D eigenvalue weighted by Gasteiger charge is 2.34. The average Bonchev–Trinajstić information content (AvgIpc) is 3.30. The van der Waals surface area contributed by atoms with Gasteiger partial charge in [0, 0.05) is 21.4 Å². The lowest BCUT2D eigenvalue weighted by atomic mass is 10.0. The van der Waals surface area contributed by atoms with Crippen LogP contribution >= 0.6 is 23.4 Å². The number of fused-ring (bicyclic) bond motifs is 3. The van der Waals surface area contributed by atoms with Crippen LogP contribution in [0.5, 0.6) is 5.75 Å². The van der Waals surface area contributed by atoms with E-state index in [0.717, 1.165) is 11.8 Å². The van der Waals surface area contributed by atoms with Gasteiger partial charge in [0.15, 0.2) is 0 Å². The number of para-hydroxylation sites is 1. The van der Waals surface area contributed by atoms with Crippen LogP contribution in [-0.2, 0) is 21.2 Å². The summed E-state index contributed by atoms with van der Waals surface area (Å²) in [6.07, 6.45) is 0.206. The fourth-order valence-electron chi connectivity index (χ4n) is 4.16. The maximum atomic E-state index is 13.7. The first-order valence-corrected chi connectivity index (χ1v) is 12.6. The predicted octanol–water partition coefficient (Wildman–Crippen LogP) is 4.59. The van der Waals surface area contributed by atoms with Crippen molar-refractivity contribution in [2.75, 3.05) is 7.11 Å². The van der Waals surface area contributed by atoms with Crippen LogP contribution in [0.1, 0.15) is 5.56 Å². The first-order chi connectivity index (χ1) is 15.8. The van der Waals surface area contributed by atoms with E-state index in [2.05, 4.69) is 5.32 Å². The first kappa shape index (κ1) is 21.8. The largest absolute Gasteiger partial charge is 0.496 e. The van der Waals surface area contributed by atoms with E-state index >= 15 is 0 Å². The second-order valence-electron chi connectivity index (χ2n) is 7.47. The highest BCUT2D eigenvalue weighted by atomic mass is 35.5. The number of methoxy groups -OCH3 is 1. The summed E-state index contributed by atoms with van der Waals surface area (Å²) in [6.45, 7) is 0. The number of nitrogens with zero attached hydrogens (tertiary/aromatic N) is 1. The number of carbonyl (C=O) groups excluding carboxylic acids is 2. The van der Waals surface area contributed by atoms with Gasteiger partial charge in [-0.1, -0.05) is 41.6 Å². The minimum atomic E-state index is -3.97. The molecule has 1 saturated heterocycles. The van der Waals surface area contributed by atoms with Gasteiger partial charge in [0.2, 0.25) is 5.91 Å². The molecule has 33 heavy (non-hydrogen) atoms. The quantitative estimate of drug-likeness (QED) is 0.431. The van der Waals surface area contributed by atoms with Crippen molar-refractivity contribution in [3.8, 4) is 5.75 Å². The lowest BCUT2D eigenvalue weighted by Crippen LogP contribution is -2.25. The second kappa shape index (κ2) is 8.09. The van der Waals surface area contributed by atoms with E-state index in [-0.39, 0.29) is 17.2 Å². The van der Waals surface area contributed by atoms with E-state index in [1.54, 1.807) is 24.3 Å². The Bertz CT molecular complexity index is 1540. The number of amides is 2. The minimum absolute atomic E-state index is 0.100. The van der Waals surface area contributed by atoms with Gasteiger partial charge in [-0.3, -0.25) is 14.9 Å². The molecule has 0 spiro atoms. The molecule has 0 aliphatic carbocycles. The van der Waals surface area contributed by atoms with Crippen molar-refractivity contribution >= 4 is 66.3 Å². The molecule has 10 heteroatoms. The van der Waals surface area contributed by atoms with Gasteiger partial charge in [0.1, 0.15) is 5.75 Å². The van der Waals surface area contributed by atoms with E-state index in [1.165, 1.54) is 35.3 Å². The zero-order valence-corrected chi connectivity index (χ0v) is 19.6. The summed E-state index contributed by atoms with van der Waals surface area (Å²) in [7, 11) is -2.45. The smallest absolute Gasteiger partial charge is 0.286 e. The lowest BCUT2D eigenvalue weighted by molar-refractivity contribution is -0.118. The number of ether oxygens (including phenoxy) is 1. The predicted molar refractivity (Wildman–Crippen MR) is 129 cm³/mol. The molecule has 2 heterocycles. The molecular formula is C23H17ClN2O5S2. The van der Waals surface area contributed by atoms with Crippen molar-refractivity contribution in [1.82, 2.24) is 9.29 Å². The van der Waals surface area contributed by atoms with Crippen LogP contribution in [0.15, 0.2) is 65.6 Å². The Morgan fingerprint density at radius 2 is 1.76 bits per heavy atom. The van der Waals surface area contributed by atoms with Crippen molar-refractivity contribution in [2.45, 2.75) is 16.6 Å². The molecule has 1 N–H and O–H groups in total. The van der Waals surface area contributed by atoms with Gasteiger partial charge < -0.3 is 4.74 Å². The van der Waals surface area contributed by atoms with Gasteiger partial charge in [0.25, 0.3) is 15.3 Å². The number of carbonyl (C=O) groups is 2. The highest BCUT2D eigenvalue weighted by molar-refractivity contribution is 8.15. The van der Waals surface area contributed by atoms with Crippen LogP contribution in [-0.4, -0.2) is 35.9 Å². The van der Waals surface area contributed by atoms with Gasteiger partial charge in [-0.05, 0) is 48.9 Å². The molecule has 168 valence electrons. The van der Waals surface area contributed by atoms with Crippen molar-refractivity contribution in [3.05, 3.63) is 71.2 Å². The summed E-state index contributed by atoms with van der Waals surface area (Å²) in [5, 5.41) is 3.07. The molecule has 3 aromatic carbocycles. The molecule has 0 radical (unpaired) electrons. The molecule has 1 fully saturated rings. The maximum absolute atomic E-state index is 13.7. The van der Waals surface area contributed by atoms with E-state index in [9.17, 15) is 18.0 Å². The molecule has 0 bridgehead atoms. The maximum Gasteiger partial charge on any atom is 0.286 e. The Kier molecular flexibility index (Phi) is 5.35. The molecule has 4 aromatic rings. The molecule has 0 saturated carbocycles. The summed E-state index contributed by atoms with van der Waals surface area (Å²) in [5.41, 5.74) is 1.62. The topological polar surface area (TPSA) is 94.5 Å². The minimum Gasteiger partial charge on any atom is -0.496 e. The Balaban J connectivity index is 1.81. The number of benzene rings is 3. The van der Waals surface area contributed by atoms with Gasteiger partial charge in [-0.2, -0.15) is 0 Å². The summed E-state index contributed by atoms with van der Waals surface area (Å²) >= 11 is 6.88. The molecule has 1 aliphatic heterocycles. The molecule has 2 amide bonds. The molecule has 1 aromatic heterocycles. The molecule has 1 aliphatic rings. The SMILES string of the molecule is COc1ccc2c(c1CC1SC(=O)NC1=O)c1ccccc1n2S(=O)(=O)c1ccc(Cl)cc1. The fraction of sp³-hybridized carbons (Fsp3) is 0.130. The standard InChI is InChI=1S/C23H17ClN2O5S2/c1-31-19-11-10-18-21(16(19)12-20-22(27)25-23(28)32-20)15-4-2-3-5-17(15)26(18)33(29,30)14-8-6-13(24)7-9-14/h2-11,20H,12H2,1H3,(H,25,27,28). The van der Waals surface area contributed by atoms with E-state index < -0.39 is 20.5 Å². The summed E-state index contributed by atoms with van der Waals surface area (Å²) in [6, 6.07) is 16.5. The van der Waals surface area contributed by atoms with Crippen LogP contribution in [0.25, 0.3) is 21.8 Å². The second-order valence-corrected chi connectivity index (χ2v) is 10.9. The molecule has 7 nitrogen and oxygen atoms in total. The van der Waals surface area contributed by atoms with Crippen LogP contribution in [0, 0.1) is 0 Å². The van der Waals surface area contributed by atoms with Crippen LogP contribution in [0.3, 0.4) is 0 Å². The Morgan fingerprint density at radius 3 is 2.42 bits per heavy atom. The number of thioether (sulfide) groups is 1. The van der Waals surface area contributed by atoms with Crippen LogP contribution < -0.4 is 10.1 Å². The number of halogens is 1.